The van der Waals surface area contributed by atoms with Gasteiger partial charge in [-0.2, -0.15) is 0 Å². The maximum absolute atomic E-state index is 4.76. The van der Waals surface area contributed by atoms with Gasteiger partial charge in [0, 0.05) is 11.9 Å². The fraction of sp³-hybridized carbons (Fsp3) is 0.625. The Morgan fingerprint density at radius 1 is 1.24 bits per heavy atom. The van der Waals surface area contributed by atoms with Gasteiger partial charge in [-0.25, -0.2) is 9.97 Å². The van der Waals surface area contributed by atoms with Gasteiger partial charge in [0.1, 0.15) is 16.5 Å². The van der Waals surface area contributed by atoms with Gasteiger partial charge >= 0.3 is 0 Å². The quantitative estimate of drug-likeness (QED) is 0.880. The molecule has 0 saturated carbocycles. The highest BCUT2D eigenvalue weighted by atomic mass is 32.1. The van der Waals surface area contributed by atoms with Gasteiger partial charge in [-0.3, -0.25) is 4.90 Å². The highest BCUT2D eigenvalue weighted by Crippen LogP contribution is 2.33. The molecule has 0 aliphatic heterocycles. The molecule has 2 rings (SSSR count). The van der Waals surface area contributed by atoms with Crippen molar-refractivity contribution in [2.45, 2.75) is 40.7 Å². The minimum atomic E-state index is 0.728. The SMILES string of the molecule is CNc1nc(CN(C)CCC(C)C)nc2sc(C)c(C)c12. The summed E-state index contributed by atoms with van der Waals surface area (Å²) in [6, 6.07) is 0. The molecule has 0 bridgehead atoms. The van der Waals surface area contributed by atoms with Gasteiger partial charge in [0.2, 0.25) is 0 Å². The molecule has 2 heterocycles. The molecular formula is C16H26N4S. The van der Waals surface area contributed by atoms with E-state index in [2.05, 4.69) is 45.0 Å². The van der Waals surface area contributed by atoms with Gasteiger partial charge in [-0.15, -0.1) is 11.3 Å². The molecule has 0 atom stereocenters. The molecule has 21 heavy (non-hydrogen) atoms. The van der Waals surface area contributed by atoms with Crippen LogP contribution in [0.5, 0.6) is 0 Å². The van der Waals surface area contributed by atoms with E-state index < -0.39 is 0 Å². The summed E-state index contributed by atoms with van der Waals surface area (Å²) in [4.78, 5) is 14.2. The molecular weight excluding hydrogens is 280 g/mol. The normalized spacial score (nSPS) is 11.8. The van der Waals surface area contributed by atoms with E-state index >= 15 is 0 Å². The van der Waals surface area contributed by atoms with Crippen LogP contribution in [0.1, 0.15) is 36.5 Å². The average molecular weight is 306 g/mol. The van der Waals surface area contributed by atoms with E-state index in [4.69, 9.17) is 9.97 Å². The van der Waals surface area contributed by atoms with Crippen molar-refractivity contribution >= 4 is 27.4 Å². The van der Waals surface area contributed by atoms with E-state index in [1.165, 1.54) is 22.2 Å². The number of thiophene rings is 1. The van der Waals surface area contributed by atoms with Crippen molar-refractivity contribution in [1.29, 1.82) is 0 Å². The molecule has 0 aliphatic rings. The zero-order valence-corrected chi connectivity index (χ0v) is 14.8. The Kier molecular flexibility index (Phi) is 5.17. The third kappa shape index (κ3) is 3.71. The first kappa shape index (κ1) is 16.2. The predicted molar refractivity (Wildman–Crippen MR) is 92.2 cm³/mol. The number of hydrogen-bond donors (Lipinski definition) is 1. The number of nitrogens with zero attached hydrogens (tertiary/aromatic N) is 3. The third-order valence-corrected chi connectivity index (χ3v) is 4.91. The molecule has 0 unspecified atom stereocenters. The molecule has 4 nitrogen and oxygen atoms in total. The second kappa shape index (κ2) is 6.71. The van der Waals surface area contributed by atoms with Crippen molar-refractivity contribution in [2.24, 2.45) is 5.92 Å². The number of rotatable bonds is 6. The molecule has 0 saturated heterocycles. The molecule has 0 radical (unpaired) electrons. The predicted octanol–water partition coefficient (Wildman–Crippen LogP) is 3.83. The number of aryl methyl sites for hydroxylation is 2. The van der Waals surface area contributed by atoms with E-state index in [9.17, 15) is 0 Å². The zero-order valence-electron chi connectivity index (χ0n) is 13.9. The summed E-state index contributed by atoms with van der Waals surface area (Å²) in [5, 5.41) is 4.40. The van der Waals surface area contributed by atoms with Crippen LogP contribution in [-0.4, -0.2) is 35.5 Å². The second-order valence-electron chi connectivity index (χ2n) is 6.12. The number of aromatic nitrogens is 2. The molecule has 5 heteroatoms. The van der Waals surface area contributed by atoms with Crippen LogP contribution in [-0.2, 0) is 6.54 Å². The Balaban J connectivity index is 2.25. The van der Waals surface area contributed by atoms with Crippen molar-refractivity contribution in [1.82, 2.24) is 14.9 Å². The largest absolute Gasteiger partial charge is 0.372 e. The molecule has 2 aromatic heterocycles. The lowest BCUT2D eigenvalue weighted by molar-refractivity contribution is 0.297. The maximum atomic E-state index is 4.76. The Morgan fingerprint density at radius 2 is 1.95 bits per heavy atom. The van der Waals surface area contributed by atoms with Crippen LogP contribution in [0.2, 0.25) is 0 Å². The lowest BCUT2D eigenvalue weighted by Crippen LogP contribution is -2.22. The van der Waals surface area contributed by atoms with Crippen LogP contribution in [0.4, 0.5) is 5.82 Å². The summed E-state index contributed by atoms with van der Waals surface area (Å²) in [7, 11) is 4.07. The van der Waals surface area contributed by atoms with Crippen LogP contribution >= 0.6 is 11.3 Å². The highest BCUT2D eigenvalue weighted by molar-refractivity contribution is 7.18. The summed E-state index contributed by atoms with van der Waals surface area (Å²) < 4.78 is 0. The van der Waals surface area contributed by atoms with Gasteiger partial charge in [-0.1, -0.05) is 13.8 Å². The van der Waals surface area contributed by atoms with Crippen molar-refractivity contribution < 1.29 is 0 Å². The van der Waals surface area contributed by atoms with E-state index in [0.29, 0.717) is 0 Å². The smallest absolute Gasteiger partial charge is 0.146 e. The van der Waals surface area contributed by atoms with Gasteiger partial charge in [0.15, 0.2) is 0 Å². The van der Waals surface area contributed by atoms with Gasteiger partial charge in [-0.05, 0) is 45.3 Å². The van der Waals surface area contributed by atoms with Gasteiger partial charge < -0.3 is 5.32 Å². The number of nitrogens with one attached hydrogen (secondary N) is 1. The Bertz CT molecular complexity index is 618. The third-order valence-electron chi connectivity index (χ3n) is 3.81. The Labute approximate surface area is 131 Å². The van der Waals surface area contributed by atoms with Crippen LogP contribution < -0.4 is 5.32 Å². The van der Waals surface area contributed by atoms with E-state index in [-0.39, 0.29) is 0 Å². The second-order valence-corrected chi connectivity index (χ2v) is 7.33. The lowest BCUT2D eigenvalue weighted by atomic mass is 10.1. The van der Waals surface area contributed by atoms with E-state index in [1.807, 2.05) is 7.05 Å². The zero-order chi connectivity index (χ0) is 15.6. The molecule has 2 aromatic rings. The first-order valence-corrected chi connectivity index (χ1v) is 8.37. The van der Waals surface area contributed by atoms with Crippen molar-refractivity contribution in [3.63, 3.8) is 0 Å². The molecule has 0 fully saturated rings. The molecule has 116 valence electrons. The van der Waals surface area contributed by atoms with Crippen LogP contribution in [0, 0.1) is 19.8 Å². The molecule has 0 spiro atoms. The van der Waals surface area contributed by atoms with Gasteiger partial charge in [0.25, 0.3) is 0 Å². The number of hydrogen-bond acceptors (Lipinski definition) is 5. The summed E-state index contributed by atoms with van der Waals surface area (Å²) in [6.45, 7) is 10.7. The number of fused-ring (bicyclic) bond motifs is 1. The minimum absolute atomic E-state index is 0.728. The first-order chi connectivity index (χ1) is 9.92. The van der Waals surface area contributed by atoms with Crippen molar-refractivity contribution in [2.75, 3.05) is 26.0 Å². The van der Waals surface area contributed by atoms with E-state index in [1.54, 1.807) is 11.3 Å². The summed E-state index contributed by atoms with van der Waals surface area (Å²) in [6.07, 6.45) is 1.20. The van der Waals surface area contributed by atoms with E-state index in [0.717, 1.165) is 35.5 Å². The topological polar surface area (TPSA) is 41.1 Å². The fourth-order valence-electron chi connectivity index (χ4n) is 2.34. The fourth-order valence-corrected chi connectivity index (χ4v) is 3.39. The molecule has 0 amide bonds. The summed E-state index contributed by atoms with van der Waals surface area (Å²) in [5.74, 6) is 2.58. The first-order valence-electron chi connectivity index (χ1n) is 7.55. The summed E-state index contributed by atoms with van der Waals surface area (Å²) >= 11 is 1.76. The van der Waals surface area contributed by atoms with Gasteiger partial charge in [0.05, 0.1) is 11.9 Å². The highest BCUT2D eigenvalue weighted by Gasteiger charge is 2.14. The van der Waals surface area contributed by atoms with Crippen LogP contribution in [0.3, 0.4) is 0 Å². The van der Waals surface area contributed by atoms with Crippen molar-refractivity contribution in [3.05, 3.63) is 16.3 Å². The Hall–Kier alpha value is -1.20. The van der Waals surface area contributed by atoms with Crippen LogP contribution in [0.25, 0.3) is 10.2 Å². The van der Waals surface area contributed by atoms with Crippen molar-refractivity contribution in [3.8, 4) is 0 Å². The number of anilines is 1. The maximum Gasteiger partial charge on any atom is 0.146 e. The lowest BCUT2D eigenvalue weighted by Gasteiger charge is -2.17. The monoisotopic (exact) mass is 306 g/mol. The minimum Gasteiger partial charge on any atom is -0.372 e. The molecule has 1 N–H and O–H groups in total. The Morgan fingerprint density at radius 3 is 2.57 bits per heavy atom. The standard InChI is InChI=1S/C16H26N4S/c1-10(2)7-8-20(6)9-13-18-15(17-5)14-11(3)12(4)21-16(14)19-13/h10H,7-9H2,1-6H3,(H,17,18,19). The molecule has 0 aromatic carbocycles. The molecule has 0 aliphatic carbocycles. The summed E-state index contributed by atoms with van der Waals surface area (Å²) in [5.41, 5.74) is 1.29. The van der Waals surface area contributed by atoms with Crippen LogP contribution in [0.15, 0.2) is 0 Å². The average Bonchev–Trinajstić information content (AvgIpc) is 2.71.